The molecule has 3 aliphatic heterocycles. The second-order valence-electron chi connectivity index (χ2n) is 12.1. The number of Topliss-reactive ketones (excluding diaryl/α,β-unsaturated/α-hetero) is 2. The summed E-state index contributed by atoms with van der Waals surface area (Å²) in [5.74, 6) is -4.59. The third kappa shape index (κ3) is 3.35. The van der Waals surface area contributed by atoms with E-state index in [1.807, 2.05) is 66.7 Å². The van der Waals surface area contributed by atoms with Gasteiger partial charge in [-0.05, 0) is 23.3 Å². The van der Waals surface area contributed by atoms with Crippen LogP contribution < -0.4 is 0 Å². The number of hydrogen-bond acceptors (Lipinski definition) is 8. The van der Waals surface area contributed by atoms with Gasteiger partial charge in [-0.1, -0.05) is 66.7 Å². The van der Waals surface area contributed by atoms with Crippen LogP contribution in [0.1, 0.15) is 36.5 Å². The van der Waals surface area contributed by atoms with Crippen molar-refractivity contribution in [1.29, 1.82) is 0 Å². The van der Waals surface area contributed by atoms with Gasteiger partial charge in [-0.15, -0.1) is 0 Å². The second kappa shape index (κ2) is 9.02. The molecule has 2 bridgehead atoms. The van der Waals surface area contributed by atoms with Crippen molar-refractivity contribution >= 4 is 29.6 Å². The first-order valence-corrected chi connectivity index (χ1v) is 14.4. The second-order valence-corrected chi connectivity index (χ2v) is 12.1. The molecule has 3 saturated heterocycles. The highest BCUT2D eigenvalue weighted by Crippen LogP contribution is 2.70. The molecule has 9 atom stereocenters. The minimum absolute atomic E-state index is 0.00701. The third-order valence-corrected chi connectivity index (χ3v) is 10.2. The molecule has 212 valence electrons. The van der Waals surface area contributed by atoms with Crippen molar-refractivity contribution in [2.24, 2.45) is 35.0 Å². The smallest absolute Gasteiger partial charge is 0.306 e. The summed E-state index contributed by atoms with van der Waals surface area (Å²) in [6.45, 7) is 0. The van der Waals surface area contributed by atoms with Crippen LogP contribution in [0.3, 0.4) is 0 Å². The highest BCUT2D eigenvalue weighted by molar-refractivity contribution is 6.07. The largest absolute Gasteiger partial charge is 0.508 e. The van der Waals surface area contributed by atoms with E-state index in [4.69, 9.17) is 14.2 Å². The van der Waals surface area contributed by atoms with Gasteiger partial charge < -0.3 is 19.3 Å². The molecule has 1 N–H and O–H groups in total. The topological polar surface area (TPSA) is 116 Å². The molecule has 8 heteroatoms. The Morgan fingerprint density at radius 2 is 1.52 bits per heavy atom. The molecule has 8 nitrogen and oxygen atoms in total. The molecule has 9 rings (SSSR count). The Bertz CT molecular complexity index is 1620. The number of aliphatic hydroxyl groups is 1. The lowest BCUT2D eigenvalue weighted by molar-refractivity contribution is -0.197. The van der Waals surface area contributed by atoms with Crippen LogP contribution in [0.5, 0.6) is 0 Å². The van der Waals surface area contributed by atoms with Crippen LogP contribution >= 0.6 is 0 Å². The Balaban J connectivity index is 1.28. The number of rotatable bonds is 3. The molecule has 5 fully saturated rings. The number of ketones is 2. The number of benzene rings is 2. The summed E-state index contributed by atoms with van der Waals surface area (Å²) >= 11 is 0. The fourth-order valence-electron chi connectivity index (χ4n) is 8.69. The molecule has 2 saturated carbocycles. The molecule has 3 heterocycles. The summed E-state index contributed by atoms with van der Waals surface area (Å²) in [6, 6.07) is 18.8. The SMILES string of the molecule is O=C1C[C@@H]2/C(=C(O)\C=C\c3ccccc3)C(=O)[C@@H]3[C@@H](C4C=C5O[C@@H](c6ccccc6)CC(=O)C53[C@H]3CC(=O)O[C@@H]43)[C@@H]2O1. The van der Waals surface area contributed by atoms with E-state index in [2.05, 4.69) is 0 Å². The quantitative estimate of drug-likeness (QED) is 0.331. The summed E-state index contributed by atoms with van der Waals surface area (Å²) in [4.78, 5) is 54.7. The number of ether oxygens (including phenoxy) is 3. The molecule has 2 unspecified atom stereocenters. The number of carbonyl (C=O) groups excluding carboxylic acids is 4. The van der Waals surface area contributed by atoms with Gasteiger partial charge in [0.25, 0.3) is 0 Å². The molecule has 42 heavy (non-hydrogen) atoms. The predicted molar refractivity (Wildman–Crippen MR) is 147 cm³/mol. The summed E-state index contributed by atoms with van der Waals surface area (Å²) < 4.78 is 18.2. The standard InChI is InChI=1S/C34H28O8/c35-22(12-11-17-7-3-1-4-8-17)28-20-14-26(37)42-33(20)29-19-13-25-34(30(29)31(28)39,21-15-27(38)41-32(19)21)24(36)16-23(40-25)18-9-5-2-6-10-18/h1-13,19-21,23,29-30,32-33,35H,14-16H2/b12-11+,28-22-/t19?,20-,21+,23-,29-,30+,32+,33-,34?/m1/s1. The molecule has 0 amide bonds. The first-order valence-electron chi connectivity index (χ1n) is 14.4. The lowest BCUT2D eigenvalue weighted by Crippen LogP contribution is -2.69. The van der Waals surface area contributed by atoms with Crippen LogP contribution in [-0.2, 0) is 33.4 Å². The lowest BCUT2D eigenvalue weighted by atomic mass is 9.41. The number of carbonyl (C=O) groups is 4. The van der Waals surface area contributed by atoms with Gasteiger partial charge in [-0.2, -0.15) is 0 Å². The van der Waals surface area contributed by atoms with Crippen molar-refractivity contribution in [2.45, 2.75) is 37.6 Å². The molecular formula is C34H28O8. The summed E-state index contributed by atoms with van der Waals surface area (Å²) in [6.07, 6.45) is 3.09. The maximum Gasteiger partial charge on any atom is 0.306 e. The van der Waals surface area contributed by atoms with Crippen molar-refractivity contribution in [3.63, 3.8) is 0 Å². The van der Waals surface area contributed by atoms with Gasteiger partial charge in [-0.3, -0.25) is 19.2 Å². The van der Waals surface area contributed by atoms with Crippen LogP contribution in [0.2, 0.25) is 0 Å². The predicted octanol–water partition coefficient (Wildman–Crippen LogP) is 4.43. The molecule has 2 aromatic rings. The Kier molecular flexibility index (Phi) is 5.42. The van der Waals surface area contributed by atoms with E-state index < -0.39 is 71.0 Å². The highest BCUT2D eigenvalue weighted by atomic mass is 16.6. The van der Waals surface area contributed by atoms with Gasteiger partial charge in [0.2, 0.25) is 0 Å². The Morgan fingerprint density at radius 3 is 2.29 bits per heavy atom. The van der Waals surface area contributed by atoms with Crippen LogP contribution in [0.15, 0.2) is 89.9 Å². The molecule has 7 aliphatic rings. The molecule has 2 aromatic carbocycles. The van der Waals surface area contributed by atoms with Crippen LogP contribution in [0.4, 0.5) is 0 Å². The van der Waals surface area contributed by atoms with E-state index in [1.165, 1.54) is 6.08 Å². The molecule has 0 radical (unpaired) electrons. The van der Waals surface area contributed by atoms with E-state index >= 15 is 0 Å². The van der Waals surface area contributed by atoms with Crippen molar-refractivity contribution in [3.8, 4) is 0 Å². The van der Waals surface area contributed by atoms with Crippen LogP contribution in [-0.4, -0.2) is 40.8 Å². The molecule has 4 aliphatic carbocycles. The monoisotopic (exact) mass is 564 g/mol. The summed E-state index contributed by atoms with van der Waals surface area (Å²) in [5.41, 5.74) is 0.320. The number of aliphatic hydroxyl groups excluding tert-OH is 1. The van der Waals surface area contributed by atoms with E-state index in [0.717, 1.165) is 11.1 Å². The van der Waals surface area contributed by atoms with E-state index in [9.17, 15) is 24.3 Å². The first kappa shape index (κ1) is 25.3. The average molecular weight is 565 g/mol. The Labute approximate surface area is 241 Å². The minimum atomic E-state index is -1.45. The summed E-state index contributed by atoms with van der Waals surface area (Å²) in [5, 5.41) is 11.4. The van der Waals surface area contributed by atoms with Crippen molar-refractivity contribution in [3.05, 3.63) is 101 Å². The number of fused-ring (bicyclic) bond motifs is 1. The fourth-order valence-corrected chi connectivity index (χ4v) is 8.69. The van der Waals surface area contributed by atoms with Crippen molar-refractivity contribution in [1.82, 2.24) is 0 Å². The maximum absolute atomic E-state index is 14.7. The highest BCUT2D eigenvalue weighted by Gasteiger charge is 2.77. The minimum Gasteiger partial charge on any atom is -0.508 e. The number of allylic oxidation sites excluding steroid dienone is 2. The van der Waals surface area contributed by atoms with E-state index in [-0.39, 0.29) is 36.4 Å². The molecule has 1 spiro atoms. The zero-order valence-electron chi connectivity index (χ0n) is 22.6. The van der Waals surface area contributed by atoms with Gasteiger partial charge in [0.15, 0.2) is 11.6 Å². The molecular weight excluding hydrogens is 536 g/mol. The normalized spacial score (nSPS) is 39.0. The molecule has 0 aromatic heterocycles. The van der Waals surface area contributed by atoms with Crippen LogP contribution in [0, 0.1) is 35.0 Å². The zero-order chi connectivity index (χ0) is 28.7. The maximum atomic E-state index is 14.7. The third-order valence-electron chi connectivity index (χ3n) is 10.2. The first-order chi connectivity index (χ1) is 20.4. The fraction of sp³-hybridized carbons (Fsp3) is 0.353. The van der Waals surface area contributed by atoms with Gasteiger partial charge >= 0.3 is 11.9 Å². The van der Waals surface area contributed by atoms with Gasteiger partial charge in [-0.25, -0.2) is 0 Å². The Hall–Kier alpha value is -4.46. The number of hydrogen-bond donors (Lipinski definition) is 1. The zero-order valence-corrected chi connectivity index (χ0v) is 22.6. The van der Waals surface area contributed by atoms with Crippen molar-refractivity contribution in [2.75, 3.05) is 0 Å². The summed E-state index contributed by atoms with van der Waals surface area (Å²) in [7, 11) is 0. The van der Waals surface area contributed by atoms with Gasteiger partial charge in [0.1, 0.15) is 35.2 Å². The lowest BCUT2D eigenvalue weighted by Gasteiger charge is -2.62. The van der Waals surface area contributed by atoms with Crippen LogP contribution in [0.25, 0.3) is 6.08 Å². The number of esters is 2. The van der Waals surface area contributed by atoms with Gasteiger partial charge in [0.05, 0.1) is 12.8 Å². The van der Waals surface area contributed by atoms with Crippen molar-refractivity contribution < 1.29 is 38.5 Å². The van der Waals surface area contributed by atoms with E-state index in [0.29, 0.717) is 5.76 Å². The van der Waals surface area contributed by atoms with E-state index in [1.54, 1.807) is 6.08 Å². The average Bonchev–Trinajstić information content (AvgIpc) is 3.59. The Morgan fingerprint density at radius 1 is 0.833 bits per heavy atom. The van der Waals surface area contributed by atoms with Gasteiger partial charge in [0, 0.05) is 41.6 Å².